The SMILES string of the molecule is Nc1cc(Cl)c(Cl)cc1OCc1ccc(F)c(F)c1. The van der Waals surface area contributed by atoms with Gasteiger partial charge in [-0.15, -0.1) is 0 Å². The molecule has 2 aromatic rings. The van der Waals surface area contributed by atoms with Crippen LogP contribution in [0.25, 0.3) is 0 Å². The molecule has 0 heterocycles. The fourth-order valence-corrected chi connectivity index (χ4v) is 1.79. The molecule has 2 rings (SSSR count). The van der Waals surface area contributed by atoms with Gasteiger partial charge in [-0.2, -0.15) is 0 Å². The van der Waals surface area contributed by atoms with Crippen molar-refractivity contribution in [3.8, 4) is 5.75 Å². The van der Waals surface area contributed by atoms with E-state index < -0.39 is 11.6 Å². The van der Waals surface area contributed by atoms with Gasteiger partial charge in [-0.1, -0.05) is 29.3 Å². The molecule has 0 amide bonds. The number of hydrogen-bond acceptors (Lipinski definition) is 2. The lowest BCUT2D eigenvalue weighted by molar-refractivity contribution is 0.307. The van der Waals surface area contributed by atoms with E-state index in [4.69, 9.17) is 33.7 Å². The predicted octanol–water partition coefficient (Wildman–Crippen LogP) is 4.43. The highest BCUT2D eigenvalue weighted by Crippen LogP contribution is 2.32. The highest BCUT2D eigenvalue weighted by Gasteiger charge is 2.08. The highest BCUT2D eigenvalue weighted by molar-refractivity contribution is 6.42. The number of ether oxygens (including phenoxy) is 1. The van der Waals surface area contributed by atoms with Crippen molar-refractivity contribution in [2.45, 2.75) is 6.61 Å². The van der Waals surface area contributed by atoms with Gasteiger partial charge in [0.05, 0.1) is 15.7 Å². The van der Waals surface area contributed by atoms with Crippen molar-refractivity contribution < 1.29 is 13.5 Å². The molecule has 2 N–H and O–H groups in total. The zero-order valence-corrected chi connectivity index (χ0v) is 11.1. The lowest BCUT2D eigenvalue weighted by Crippen LogP contribution is -2.00. The molecule has 0 fully saturated rings. The molecule has 0 radical (unpaired) electrons. The minimum Gasteiger partial charge on any atom is -0.487 e. The van der Waals surface area contributed by atoms with E-state index in [9.17, 15) is 8.78 Å². The molecule has 2 aromatic carbocycles. The van der Waals surface area contributed by atoms with Crippen LogP contribution in [0.3, 0.4) is 0 Å². The Morgan fingerprint density at radius 3 is 2.37 bits per heavy atom. The second-order valence-electron chi connectivity index (χ2n) is 3.84. The first-order valence-corrected chi connectivity index (χ1v) is 6.04. The quantitative estimate of drug-likeness (QED) is 0.851. The maximum atomic E-state index is 13.0. The molecule has 0 aliphatic heterocycles. The smallest absolute Gasteiger partial charge is 0.159 e. The van der Waals surface area contributed by atoms with Gasteiger partial charge in [-0.3, -0.25) is 0 Å². The van der Waals surface area contributed by atoms with Crippen LogP contribution in [0.15, 0.2) is 30.3 Å². The molecule has 100 valence electrons. The van der Waals surface area contributed by atoms with Gasteiger partial charge in [0.1, 0.15) is 12.4 Å². The van der Waals surface area contributed by atoms with Gasteiger partial charge in [0.15, 0.2) is 11.6 Å². The van der Waals surface area contributed by atoms with E-state index in [0.29, 0.717) is 27.0 Å². The molecule has 0 aliphatic carbocycles. The van der Waals surface area contributed by atoms with Gasteiger partial charge < -0.3 is 10.5 Å². The zero-order chi connectivity index (χ0) is 14.0. The first-order valence-electron chi connectivity index (χ1n) is 5.28. The van der Waals surface area contributed by atoms with Gasteiger partial charge in [-0.05, 0) is 23.8 Å². The molecule has 0 bridgehead atoms. The average molecular weight is 304 g/mol. The first kappa shape index (κ1) is 13.9. The number of nitrogen functional groups attached to an aromatic ring is 1. The summed E-state index contributed by atoms with van der Waals surface area (Å²) in [5.41, 5.74) is 6.50. The second kappa shape index (κ2) is 5.63. The minimum atomic E-state index is -0.928. The fraction of sp³-hybridized carbons (Fsp3) is 0.0769. The van der Waals surface area contributed by atoms with Crippen molar-refractivity contribution >= 4 is 28.9 Å². The number of anilines is 1. The molecule has 2 nitrogen and oxygen atoms in total. The zero-order valence-electron chi connectivity index (χ0n) is 9.59. The van der Waals surface area contributed by atoms with Crippen LogP contribution < -0.4 is 10.5 Å². The molecular weight excluding hydrogens is 295 g/mol. The molecular formula is C13H9Cl2F2NO. The fourth-order valence-electron chi connectivity index (χ4n) is 1.46. The van der Waals surface area contributed by atoms with E-state index in [1.165, 1.54) is 18.2 Å². The van der Waals surface area contributed by atoms with Gasteiger partial charge in [0, 0.05) is 6.07 Å². The summed E-state index contributed by atoms with van der Waals surface area (Å²) in [6, 6.07) is 6.45. The normalized spacial score (nSPS) is 10.5. The topological polar surface area (TPSA) is 35.2 Å². The third-order valence-corrected chi connectivity index (χ3v) is 3.15. The van der Waals surface area contributed by atoms with E-state index in [1.54, 1.807) is 0 Å². The molecule has 0 saturated carbocycles. The standard InChI is InChI=1S/C13H9Cl2F2NO/c14-8-4-12(18)13(5-9(8)15)19-6-7-1-2-10(16)11(17)3-7/h1-5H,6,18H2. The van der Waals surface area contributed by atoms with Crippen molar-refractivity contribution in [3.63, 3.8) is 0 Å². The van der Waals surface area contributed by atoms with Crippen molar-refractivity contribution in [3.05, 3.63) is 57.6 Å². The van der Waals surface area contributed by atoms with Crippen LogP contribution in [0.5, 0.6) is 5.75 Å². The monoisotopic (exact) mass is 303 g/mol. The lowest BCUT2D eigenvalue weighted by Gasteiger charge is -2.10. The third kappa shape index (κ3) is 3.28. The molecule has 0 aliphatic rings. The van der Waals surface area contributed by atoms with E-state index in [2.05, 4.69) is 0 Å². The van der Waals surface area contributed by atoms with Crippen molar-refractivity contribution in [1.82, 2.24) is 0 Å². The van der Waals surface area contributed by atoms with Crippen LogP contribution in [-0.4, -0.2) is 0 Å². The number of rotatable bonds is 3. The van der Waals surface area contributed by atoms with Crippen LogP contribution in [0, 0.1) is 11.6 Å². The summed E-state index contributed by atoms with van der Waals surface area (Å²) in [5.74, 6) is -1.50. The Morgan fingerprint density at radius 2 is 1.68 bits per heavy atom. The number of benzene rings is 2. The summed E-state index contributed by atoms with van der Waals surface area (Å²) in [6.07, 6.45) is 0. The minimum absolute atomic E-state index is 0.0410. The summed E-state index contributed by atoms with van der Waals surface area (Å²) in [5, 5.41) is 0.621. The summed E-state index contributed by atoms with van der Waals surface area (Å²) >= 11 is 11.6. The van der Waals surface area contributed by atoms with Gasteiger partial charge in [0.2, 0.25) is 0 Å². The number of nitrogens with two attached hydrogens (primary N) is 1. The summed E-state index contributed by atoms with van der Waals surface area (Å²) < 4.78 is 31.2. The van der Waals surface area contributed by atoms with E-state index in [0.717, 1.165) is 12.1 Å². The van der Waals surface area contributed by atoms with Crippen LogP contribution in [0.1, 0.15) is 5.56 Å². The summed E-state index contributed by atoms with van der Waals surface area (Å²) in [6.45, 7) is 0.0410. The highest BCUT2D eigenvalue weighted by atomic mass is 35.5. The van der Waals surface area contributed by atoms with Crippen LogP contribution >= 0.6 is 23.2 Å². The Morgan fingerprint density at radius 1 is 1.00 bits per heavy atom. The van der Waals surface area contributed by atoms with Crippen LogP contribution in [0.4, 0.5) is 14.5 Å². The van der Waals surface area contributed by atoms with Crippen LogP contribution in [-0.2, 0) is 6.61 Å². The van der Waals surface area contributed by atoms with Crippen molar-refractivity contribution in [2.75, 3.05) is 5.73 Å². The molecule has 0 aromatic heterocycles. The molecule has 0 spiro atoms. The van der Waals surface area contributed by atoms with Gasteiger partial charge >= 0.3 is 0 Å². The number of halogens is 4. The summed E-state index contributed by atoms with van der Waals surface area (Å²) in [4.78, 5) is 0. The predicted molar refractivity (Wildman–Crippen MR) is 71.6 cm³/mol. The van der Waals surface area contributed by atoms with Crippen molar-refractivity contribution in [1.29, 1.82) is 0 Å². The van der Waals surface area contributed by atoms with E-state index in [1.807, 2.05) is 0 Å². The molecule has 0 atom stereocenters. The molecule has 0 saturated heterocycles. The van der Waals surface area contributed by atoms with Crippen molar-refractivity contribution in [2.24, 2.45) is 0 Å². The Bertz CT molecular complexity index is 620. The maximum absolute atomic E-state index is 13.0. The maximum Gasteiger partial charge on any atom is 0.159 e. The van der Waals surface area contributed by atoms with E-state index >= 15 is 0 Å². The Labute approximate surface area is 118 Å². The largest absolute Gasteiger partial charge is 0.487 e. The second-order valence-corrected chi connectivity index (χ2v) is 4.66. The van der Waals surface area contributed by atoms with Gasteiger partial charge in [0.25, 0.3) is 0 Å². The first-order chi connectivity index (χ1) is 8.97. The molecule has 6 heteroatoms. The Kier molecular flexibility index (Phi) is 4.12. The average Bonchev–Trinajstić information content (AvgIpc) is 2.36. The lowest BCUT2D eigenvalue weighted by atomic mass is 10.2. The summed E-state index contributed by atoms with van der Waals surface area (Å²) in [7, 11) is 0. The van der Waals surface area contributed by atoms with Gasteiger partial charge in [-0.25, -0.2) is 8.78 Å². The molecule has 0 unspecified atom stereocenters. The Balaban J connectivity index is 2.14. The van der Waals surface area contributed by atoms with Crippen LogP contribution in [0.2, 0.25) is 10.0 Å². The van der Waals surface area contributed by atoms with E-state index in [-0.39, 0.29) is 6.61 Å². The molecule has 19 heavy (non-hydrogen) atoms. The third-order valence-electron chi connectivity index (χ3n) is 2.43. The number of hydrogen-bond donors (Lipinski definition) is 1. The Hall–Kier alpha value is -1.52.